The third kappa shape index (κ3) is 5.04. The molecule has 1 aromatic heterocycles. The molecule has 0 spiro atoms. The fourth-order valence-corrected chi connectivity index (χ4v) is 5.57. The summed E-state index contributed by atoms with van der Waals surface area (Å²) in [5, 5.41) is 20.7. The minimum Gasteiger partial charge on any atom is -0.383 e. The molecule has 0 bridgehead atoms. The van der Waals surface area contributed by atoms with Crippen LogP contribution in [0.3, 0.4) is 0 Å². The van der Waals surface area contributed by atoms with Crippen LogP contribution in [-0.2, 0) is 0 Å². The minimum atomic E-state index is -4.41. The van der Waals surface area contributed by atoms with Gasteiger partial charge in [0, 0.05) is 42.6 Å². The maximum Gasteiger partial charge on any atom is 0.413 e. The maximum absolute atomic E-state index is 14.0. The zero-order chi connectivity index (χ0) is 31.4. The third-order valence-corrected chi connectivity index (χ3v) is 8.04. The van der Waals surface area contributed by atoms with Crippen LogP contribution in [0.2, 0.25) is 0 Å². The van der Waals surface area contributed by atoms with Crippen LogP contribution in [0.15, 0.2) is 48.4 Å². The second kappa shape index (κ2) is 10.4. The molecule has 2 aromatic carbocycles. The van der Waals surface area contributed by atoms with E-state index >= 15 is 0 Å². The SMILES string of the molecule is C#Cc1cnc2c(C#N)cc(N[C@H](C3=CN(C4(C(F)(F)F)CC4)NN3)c3cccc4c3N(C)NN4)cc2c1NCC(C)(C)C. The average molecular weight is 603 g/mol. The molecule has 0 amide bonds. The first-order chi connectivity index (χ1) is 20.8. The first kappa shape index (κ1) is 29.2. The number of rotatable bonds is 7. The van der Waals surface area contributed by atoms with E-state index in [0.29, 0.717) is 45.6 Å². The van der Waals surface area contributed by atoms with Gasteiger partial charge in [-0.25, -0.2) is 0 Å². The van der Waals surface area contributed by atoms with Gasteiger partial charge in [-0.05, 0) is 36.5 Å². The van der Waals surface area contributed by atoms with Crippen LogP contribution in [0.25, 0.3) is 10.9 Å². The Hall–Kier alpha value is -4.85. The van der Waals surface area contributed by atoms with Gasteiger partial charge < -0.3 is 21.5 Å². The zero-order valence-corrected chi connectivity index (χ0v) is 24.7. The highest BCUT2D eigenvalue weighted by Crippen LogP contribution is 2.54. The van der Waals surface area contributed by atoms with E-state index in [2.05, 4.69) is 70.3 Å². The highest BCUT2D eigenvalue weighted by Gasteiger charge is 2.67. The molecule has 1 saturated carbocycles. The van der Waals surface area contributed by atoms with Crippen molar-refractivity contribution in [3.63, 3.8) is 0 Å². The molecular weight excluding hydrogens is 569 g/mol. The summed E-state index contributed by atoms with van der Waals surface area (Å²) >= 11 is 0. The van der Waals surface area contributed by atoms with E-state index in [4.69, 9.17) is 6.42 Å². The molecule has 44 heavy (non-hydrogen) atoms. The first-order valence-corrected chi connectivity index (χ1v) is 14.2. The van der Waals surface area contributed by atoms with E-state index in [1.807, 2.05) is 31.3 Å². The largest absolute Gasteiger partial charge is 0.413 e. The van der Waals surface area contributed by atoms with Crippen molar-refractivity contribution >= 4 is 33.7 Å². The van der Waals surface area contributed by atoms with Gasteiger partial charge in [-0.1, -0.05) is 38.8 Å². The van der Waals surface area contributed by atoms with Crippen molar-refractivity contribution in [1.82, 2.24) is 26.5 Å². The number of benzene rings is 2. The number of hydrazine groups is 4. The average Bonchev–Trinajstić information content (AvgIpc) is 3.52. The van der Waals surface area contributed by atoms with Gasteiger partial charge in [0.15, 0.2) is 5.54 Å². The number of fused-ring (bicyclic) bond motifs is 2. The molecule has 3 heterocycles. The fourth-order valence-electron chi connectivity index (χ4n) is 5.57. The summed E-state index contributed by atoms with van der Waals surface area (Å²) in [6.07, 6.45) is 4.47. The summed E-state index contributed by atoms with van der Waals surface area (Å²) in [6.45, 7) is 6.91. The highest BCUT2D eigenvalue weighted by molar-refractivity contribution is 5.99. The fraction of sp³-hybridized carbons (Fsp3) is 0.355. The van der Waals surface area contributed by atoms with Gasteiger partial charge >= 0.3 is 6.18 Å². The number of nitriles is 1. The molecule has 0 unspecified atom stereocenters. The van der Waals surface area contributed by atoms with Crippen molar-refractivity contribution in [3.8, 4) is 18.4 Å². The number of halogens is 3. The van der Waals surface area contributed by atoms with Gasteiger partial charge in [0.25, 0.3) is 0 Å². The van der Waals surface area contributed by atoms with Crippen molar-refractivity contribution in [2.75, 3.05) is 34.7 Å². The van der Waals surface area contributed by atoms with Crippen molar-refractivity contribution < 1.29 is 13.2 Å². The Labute approximate surface area is 253 Å². The van der Waals surface area contributed by atoms with E-state index in [1.165, 1.54) is 6.20 Å². The minimum absolute atomic E-state index is 0.00454. The van der Waals surface area contributed by atoms with Gasteiger partial charge in [-0.3, -0.25) is 15.0 Å². The lowest BCUT2D eigenvalue weighted by Crippen LogP contribution is -2.52. The monoisotopic (exact) mass is 602 g/mol. The van der Waals surface area contributed by atoms with Crippen molar-refractivity contribution in [3.05, 3.63) is 65.1 Å². The van der Waals surface area contributed by atoms with Crippen LogP contribution in [0.4, 0.5) is 35.9 Å². The van der Waals surface area contributed by atoms with E-state index < -0.39 is 17.8 Å². The van der Waals surface area contributed by atoms with Crippen molar-refractivity contribution in [2.45, 2.75) is 51.4 Å². The lowest BCUT2D eigenvalue weighted by Gasteiger charge is -2.28. The topological polar surface area (TPSA) is 115 Å². The van der Waals surface area contributed by atoms with Gasteiger partial charge in [-0.15, -0.1) is 17.5 Å². The van der Waals surface area contributed by atoms with Crippen LogP contribution in [-0.4, -0.2) is 35.3 Å². The van der Waals surface area contributed by atoms with Crippen LogP contribution in [0, 0.1) is 29.1 Å². The van der Waals surface area contributed by atoms with Crippen LogP contribution >= 0.6 is 0 Å². The van der Waals surface area contributed by atoms with E-state index in [0.717, 1.165) is 21.9 Å². The second-order valence-corrected chi connectivity index (χ2v) is 12.5. The normalized spacial score (nSPS) is 17.6. The molecule has 0 saturated heterocycles. The Morgan fingerprint density at radius 3 is 2.57 bits per heavy atom. The Morgan fingerprint density at radius 1 is 1.14 bits per heavy atom. The number of hydrogen-bond donors (Lipinski definition) is 6. The quantitative estimate of drug-likeness (QED) is 0.201. The van der Waals surface area contributed by atoms with Gasteiger partial charge in [0.2, 0.25) is 0 Å². The Balaban J connectivity index is 1.47. The molecule has 1 fully saturated rings. The number of para-hydroxylation sites is 1. The number of nitrogens with one attached hydrogen (secondary N) is 6. The summed E-state index contributed by atoms with van der Waals surface area (Å²) in [7, 11) is 1.84. The van der Waals surface area contributed by atoms with Crippen molar-refractivity contribution in [1.29, 1.82) is 5.26 Å². The molecule has 228 valence electrons. The molecule has 0 radical (unpaired) electrons. The molecule has 10 nitrogen and oxygen atoms in total. The van der Waals surface area contributed by atoms with Crippen LogP contribution < -0.4 is 37.6 Å². The molecular formula is C31H33F3N10. The molecule has 2 aliphatic heterocycles. The number of pyridine rings is 1. The molecule has 3 aliphatic rings. The summed E-state index contributed by atoms with van der Waals surface area (Å²) in [6, 6.07) is 10.8. The smallest absolute Gasteiger partial charge is 0.383 e. The van der Waals surface area contributed by atoms with E-state index in [1.54, 1.807) is 17.3 Å². The molecule has 6 N–H and O–H groups in total. The number of hydrogen-bond acceptors (Lipinski definition) is 10. The lowest BCUT2D eigenvalue weighted by molar-refractivity contribution is -0.195. The first-order valence-electron chi connectivity index (χ1n) is 14.2. The standard InChI is InChI=1S/C31H33F3N10/c1-6-18-15-36-26-19(14-35)12-20(13-22(26)25(18)37-17-29(2,3)4)38-27(21-8-7-9-23-28(21)43(5)41-39-23)24-16-44(42-40-24)30(10-11-30)31(32,33)34/h1,7-9,12-13,15-16,27,38-42H,10-11,17H2,2-5H3,(H,36,37)/t27-/m0/s1. The highest BCUT2D eigenvalue weighted by atomic mass is 19.4. The third-order valence-electron chi connectivity index (χ3n) is 8.04. The summed E-state index contributed by atoms with van der Waals surface area (Å²) < 4.78 is 42.0. The summed E-state index contributed by atoms with van der Waals surface area (Å²) in [5.41, 5.74) is 15.3. The number of nitrogens with zero attached hydrogens (tertiary/aromatic N) is 4. The van der Waals surface area contributed by atoms with E-state index in [-0.39, 0.29) is 18.3 Å². The predicted octanol–water partition coefficient (Wildman–Crippen LogP) is 5.24. The Morgan fingerprint density at radius 2 is 1.91 bits per heavy atom. The Kier molecular flexibility index (Phi) is 6.91. The summed E-state index contributed by atoms with van der Waals surface area (Å²) in [4.78, 5) is 4.50. The van der Waals surface area contributed by atoms with Crippen LogP contribution in [0.1, 0.15) is 56.3 Å². The van der Waals surface area contributed by atoms with Gasteiger partial charge in [0.1, 0.15) is 6.07 Å². The van der Waals surface area contributed by atoms with Crippen LogP contribution in [0.5, 0.6) is 0 Å². The number of aromatic nitrogens is 1. The van der Waals surface area contributed by atoms with Crippen molar-refractivity contribution in [2.24, 2.45) is 5.41 Å². The summed E-state index contributed by atoms with van der Waals surface area (Å²) in [5.74, 6) is 2.69. The molecule has 1 aliphatic carbocycles. The molecule has 6 rings (SSSR count). The van der Waals surface area contributed by atoms with E-state index in [9.17, 15) is 18.4 Å². The van der Waals surface area contributed by atoms with Gasteiger partial charge in [0.05, 0.1) is 45.4 Å². The molecule has 13 heteroatoms. The molecule has 1 atom stereocenters. The lowest BCUT2D eigenvalue weighted by atomic mass is 9.96. The predicted molar refractivity (Wildman–Crippen MR) is 165 cm³/mol. The number of anilines is 4. The zero-order valence-electron chi connectivity index (χ0n) is 24.7. The second-order valence-electron chi connectivity index (χ2n) is 12.5. The Bertz CT molecular complexity index is 1740. The molecule has 3 aromatic rings. The number of terminal acetylenes is 1. The number of alkyl halides is 3. The van der Waals surface area contributed by atoms with Gasteiger partial charge in [-0.2, -0.15) is 18.4 Å². The maximum atomic E-state index is 14.0.